The van der Waals surface area contributed by atoms with E-state index in [0.717, 1.165) is 32.5 Å². The number of nitrogens with zero attached hydrogens (tertiary/aromatic N) is 2. The fourth-order valence-electron chi connectivity index (χ4n) is 3.72. The zero-order chi connectivity index (χ0) is 21.4. The molecular formula is C25H19FN2O2S. The van der Waals surface area contributed by atoms with Gasteiger partial charge in [-0.05, 0) is 54.4 Å². The Kier molecular flexibility index (Phi) is 4.92. The standard InChI is InChI=1S/C25H19FN2O2S/c1-16-12-18(24-27-10-11-31-24)13-19-15-28(25(29)23(16)19)14-17-6-8-20(9-7-17)30-22-5-3-2-4-21(22)26/h2-13,15,29H,14H2,1H3. The van der Waals surface area contributed by atoms with Crippen LogP contribution in [0.2, 0.25) is 0 Å². The number of rotatable bonds is 5. The van der Waals surface area contributed by atoms with E-state index >= 15 is 0 Å². The zero-order valence-corrected chi connectivity index (χ0v) is 17.6. The van der Waals surface area contributed by atoms with Crippen LogP contribution in [-0.2, 0) is 6.54 Å². The van der Waals surface area contributed by atoms with E-state index in [0.29, 0.717) is 12.3 Å². The first-order valence-electron chi connectivity index (χ1n) is 9.82. The lowest BCUT2D eigenvalue weighted by molar-refractivity contribution is 0.429. The maximum atomic E-state index is 13.8. The van der Waals surface area contributed by atoms with Crippen LogP contribution >= 0.6 is 11.3 Å². The number of halogens is 1. The number of aromatic nitrogens is 2. The van der Waals surface area contributed by atoms with Crippen LogP contribution in [0.5, 0.6) is 17.4 Å². The first kappa shape index (κ1) is 19.3. The summed E-state index contributed by atoms with van der Waals surface area (Å²) in [6.07, 6.45) is 3.75. The highest BCUT2D eigenvalue weighted by molar-refractivity contribution is 7.13. The minimum Gasteiger partial charge on any atom is -0.494 e. The van der Waals surface area contributed by atoms with Gasteiger partial charge < -0.3 is 14.4 Å². The van der Waals surface area contributed by atoms with Crippen LogP contribution in [-0.4, -0.2) is 14.7 Å². The van der Waals surface area contributed by atoms with Gasteiger partial charge in [-0.1, -0.05) is 24.3 Å². The van der Waals surface area contributed by atoms with E-state index in [2.05, 4.69) is 17.1 Å². The third-order valence-electron chi connectivity index (χ3n) is 5.18. The molecule has 6 heteroatoms. The summed E-state index contributed by atoms with van der Waals surface area (Å²) in [7, 11) is 0. The van der Waals surface area contributed by atoms with E-state index in [1.54, 1.807) is 47.9 Å². The molecule has 31 heavy (non-hydrogen) atoms. The molecule has 0 saturated heterocycles. The summed E-state index contributed by atoms with van der Waals surface area (Å²) in [6, 6.07) is 17.8. The third kappa shape index (κ3) is 3.78. The van der Waals surface area contributed by atoms with Crippen LogP contribution in [0, 0.1) is 12.7 Å². The van der Waals surface area contributed by atoms with Crippen molar-refractivity contribution in [2.75, 3.05) is 0 Å². The summed E-state index contributed by atoms with van der Waals surface area (Å²) in [5.74, 6) is 0.587. The number of aryl methyl sites for hydroxylation is 1. The summed E-state index contributed by atoms with van der Waals surface area (Å²) in [5, 5.41) is 15.6. The average molecular weight is 431 g/mol. The van der Waals surface area contributed by atoms with Crippen molar-refractivity contribution >= 4 is 22.1 Å². The Bertz CT molecular complexity index is 1360. The van der Waals surface area contributed by atoms with Gasteiger partial charge in [-0.2, -0.15) is 0 Å². The smallest absolute Gasteiger partial charge is 0.199 e. The van der Waals surface area contributed by atoms with Gasteiger partial charge in [0.2, 0.25) is 0 Å². The number of hydrogen-bond donors (Lipinski definition) is 1. The summed E-state index contributed by atoms with van der Waals surface area (Å²) < 4.78 is 21.2. The number of hydrogen-bond acceptors (Lipinski definition) is 4. The number of fused-ring (bicyclic) bond motifs is 1. The van der Waals surface area contributed by atoms with E-state index in [1.165, 1.54) is 6.07 Å². The van der Waals surface area contributed by atoms with E-state index in [-0.39, 0.29) is 11.6 Å². The first-order valence-corrected chi connectivity index (χ1v) is 10.7. The maximum Gasteiger partial charge on any atom is 0.199 e. The Hall–Kier alpha value is -3.64. The van der Waals surface area contributed by atoms with Crippen LogP contribution < -0.4 is 4.74 Å². The second-order valence-corrected chi connectivity index (χ2v) is 8.25. The number of ether oxygens (including phenoxy) is 1. The molecule has 0 aliphatic carbocycles. The van der Waals surface area contributed by atoms with Gasteiger partial charge in [0.15, 0.2) is 17.4 Å². The predicted molar refractivity (Wildman–Crippen MR) is 121 cm³/mol. The lowest BCUT2D eigenvalue weighted by Gasteiger charge is -2.09. The second kappa shape index (κ2) is 7.89. The SMILES string of the molecule is Cc1cc(-c2nccs2)cc2cn(Cc3ccc(Oc4ccccc4F)cc3)c(O)c12. The minimum atomic E-state index is -0.400. The monoisotopic (exact) mass is 430 g/mol. The summed E-state index contributed by atoms with van der Waals surface area (Å²) in [5.41, 5.74) is 3.05. The van der Waals surface area contributed by atoms with Gasteiger partial charge in [0.1, 0.15) is 10.8 Å². The van der Waals surface area contributed by atoms with Crippen molar-refractivity contribution in [2.45, 2.75) is 13.5 Å². The van der Waals surface area contributed by atoms with Crippen LogP contribution in [0.15, 0.2) is 78.4 Å². The Morgan fingerprint density at radius 2 is 1.90 bits per heavy atom. The van der Waals surface area contributed by atoms with Crippen molar-refractivity contribution in [1.29, 1.82) is 0 Å². The number of benzene rings is 3. The molecule has 0 fully saturated rings. The molecule has 154 valence electrons. The van der Waals surface area contributed by atoms with E-state index < -0.39 is 5.82 Å². The second-order valence-electron chi connectivity index (χ2n) is 7.35. The van der Waals surface area contributed by atoms with Crippen LogP contribution in [0.25, 0.3) is 21.3 Å². The molecule has 0 saturated carbocycles. The number of para-hydroxylation sites is 1. The normalized spacial score (nSPS) is 11.2. The molecule has 0 atom stereocenters. The molecule has 3 aromatic carbocycles. The molecule has 2 aromatic heterocycles. The topological polar surface area (TPSA) is 47.3 Å². The fourth-order valence-corrected chi connectivity index (χ4v) is 4.34. The van der Waals surface area contributed by atoms with Gasteiger partial charge in [0, 0.05) is 34.1 Å². The van der Waals surface area contributed by atoms with Gasteiger partial charge in [-0.3, -0.25) is 0 Å². The molecule has 5 rings (SSSR count). The predicted octanol–water partition coefficient (Wildman–Crippen LogP) is 6.76. The van der Waals surface area contributed by atoms with Crippen LogP contribution in [0.4, 0.5) is 4.39 Å². The fraction of sp³-hybridized carbons (Fsp3) is 0.0800. The zero-order valence-electron chi connectivity index (χ0n) is 16.7. The highest BCUT2D eigenvalue weighted by atomic mass is 32.1. The molecule has 0 aliphatic heterocycles. The molecule has 2 heterocycles. The lowest BCUT2D eigenvalue weighted by atomic mass is 10.1. The Balaban J connectivity index is 1.40. The van der Waals surface area contributed by atoms with Gasteiger partial charge in [-0.15, -0.1) is 11.3 Å². The average Bonchev–Trinajstić information content (AvgIpc) is 3.40. The number of thiazole rings is 1. The molecule has 0 unspecified atom stereocenters. The molecule has 0 amide bonds. The Labute approximate surface area is 182 Å². The maximum absolute atomic E-state index is 13.8. The van der Waals surface area contributed by atoms with Gasteiger partial charge >= 0.3 is 0 Å². The van der Waals surface area contributed by atoms with E-state index in [4.69, 9.17) is 4.74 Å². The summed E-state index contributed by atoms with van der Waals surface area (Å²) in [6.45, 7) is 2.50. The van der Waals surface area contributed by atoms with Gasteiger partial charge in [0.25, 0.3) is 0 Å². The van der Waals surface area contributed by atoms with Crippen molar-refractivity contribution in [3.05, 3.63) is 95.4 Å². The lowest BCUT2D eigenvalue weighted by Crippen LogP contribution is -1.97. The number of aromatic hydroxyl groups is 1. The van der Waals surface area contributed by atoms with Crippen LogP contribution in [0.3, 0.4) is 0 Å². The van der Waals surface area contributed by atoms with Crippen molar-refractivity contribution in [3.63, 3.8) is 0 Å². The minimum absolute atomic E-state index is 0.191. The molecule has 4 nitrogen and oxygen atoms in total. The molecule has 0 bridgehead atoms. The highest BCUT2D eigenvalue weighted by Crippen LogP contribution is 2.35. The summed E-state index contributed by atoms with van der Waals surface area (Å²) >= 11 is 1.59. The van der Waals surface area contributed by atoms with Crippen molar-refractivity contribution in [2.24, 2.45) is 0 Å². The molecular weight excluding hydrogens is 411 g/mol. The molecule has 0 radical (unpaired) electrons. The highest BCUT2D eigenvalue weighted by Gasteiger charge is 2.14. The van der Waals surface area contributed by atoms with E-state index in [9.17, 15) is 9.50 Å². The summed E-state index contributed by atoms with van der Waals surface area (Å²) in [4.78, 5) is 4.39. The Morgan fingerprint density at radius 1 is 1.10 bits per heavy atom. The van der Waals surface area contributed by atoms with Gasteiger partial charge in [-0.25, -0.2) is 9.37 Å². The largest absolute Gasteiger partial charge is 0.494 e. The third-order valence-corrected chi connectivity index (χ3v) is 6.00. The Morgan fingerprint density at radius 3 is 2.65 bits per heavy atom. The van der Waals surface area contributed by atoms with Crippen molar-refractivity contribution in [3.8, 4) is 28.0 Å². The first-order chi connectivity index (χ1) is 15.1. The van der Waals surface area contributed by atoms with Gasteiger partial charge in [0.05, 0.1) is 6.54 Å². The van der Waals surface area contributed by atoms with Crippen molar-refractivity contribution in [1.82, 2.24) is 9.55 Å². The quantitative estimate of drug-likeness (QED) is 0.335. The molecule has 1 N–H and O–H groups in total. The molecule has 0 aliphatic rings. The van der Waals surface area contributed by atoms with Crippen LogP contribution in [0.1, 0.15) is 11.1 Å². The van der Waals surface area contributed by atoms with E-state index in [1.807, 2.05) is 35.2 Å². The molecule has 0 spiro atoms. The van der Waals surface area contributed by atoms with Crippen molar-refractivity contribution < 1.29 is 14.2 Å². The molecule has 5 aromatic rings.